The zero-order valence-electron chi connectivity index (χ0n) is 24.0. The van der Waals surface area contributed by atoms with Crippen LogP contribution < -0.4 is 10.6 Å². The molecule has 0 aliphatic heterocycles. The molecule has 0 saturated carbocycles. The highest BCUT2D eigenvalue weighted by atomic mass is 16.6. The second-order valence-corrected chi connectivity index (χ2v) is 11.3. The third-order valence-electron chi connectivity index (χ3n) is 5.62. The lowest BCUT2D eigenvalue weighted by Crippen LogP contribution is -2.54. The second kappa shape index (κ2) is 15.3. The highest BCUT2D eigenvalue weighted by Gasteiger charge is 2.36. The fraction of sp³-hybridized carbons (Fsp3) is 0.633. The summed E-state index contributed by atoms with van der Waals surface area (Å²) in [5.41, 5.74) is 0.659. The summed E-state index contributed by atoms with van der Waals surface area (Å²) in [6, 6.07) is 5.34. The molecule has 0 fully saturated rings. The first kappa shape index (κ1) is 32.0. The van der Waals surface area contributed by atoms with E-state index in [0.717, 1.165) is 25.7 Å². The van der Waals surface area contributed by atoms with Gasteiger partial charge in [0.2, 0.25) is 11.8 Å². The zero-order chi connectivity index (χ0) is 28.2. The first-order valence-corrected chi connectivity index (χ1v) is 13.5. The maximum absolute atomic E-state index is 14.1. The molecule has 1 aromatic rings. The first-order chi connectivity index (χ1) is 17.3. The van der Waals surface area contributed by atoms with Crippen LogP contribution in [0.4, 0.5) is 4.79 Å². The van der Waals surface area contributed by atoms with Crippen LogP contribution in [0.1, 0.15) is 105 Å². The lowest BCUT2D eigenvalue weighted by Gasteiger charge is -2.35. The van der Waals surface area contributed by atoms with E-state index in [4.69, 9.17) is 11.2 Å². The van der Waals surface area contributed by atoms with E-state index in [-0.39, 0.29) is 23.8 Å². The number of nitrogens with zero attached hydrogens (tertiary/aromatic N) is 1. The standard InChI is InChI=1S/C30H47N3O4/c1-10-12-13-14-19-33(28(35)25(20-21(3)4)32-29(36)37-30(7,8)9)26(27(34)31-22(5)6)24-17-15-23(11-2)16-18-24/h2,15-18,21-22,25-26H,10,12-14,19-20H2,1,3-9H3,(H,31,34)(H,32,36). The van der Waals surface area contributed by atoms with E-state index in [2.05, 4.69) is 23.5 Å². The lowest BCUT2D eigenvalue weighted by atomic mass is 9.98. The van der Waals surface area contributed by atoms with Gasteiger partial charge in [-0.2, -0.15) is 0 Å². The number of rotatable bonds is 13. The van der Waals surface area contributed by atoms with Gasteiger partial charge in [0.25, 0.3) is 0 Å². The van der Waals surface area contributed by atoms with Gasteiger partial charge in [-0.05, 0) is 71.1 Å². The number of alkyl carbamates (subject to hydrolysis) is 1. The Kier molecular flexibility index (Phi) is 13.2. The number of benzene rings is 1. The number of carbonyl (C=O) groups excluding carboxylic acids is 3. The monoisotopic (exact) mass is 513 g/mol. The Balaban J connectivity index is 3.49. The summed E-state index contributed by atoms with van der Waals surface area (Å²) in [5.74, 6) is 2.15. The summed E-state index contributed by atoms with van der Waals surface area (Å²) < 4.78 is 5.44. The first-order valence-electron chi connectivity index (χ1n) is 13.5. The van der Waals surface area contributed by atoms with E-state index in [1.54, 1.807) is 49.9 Å². The van der Waals surface area contributed by atoms with Gasteiger partial charge in [0.1, 0.15) is 17.7 Å². The van der Waals surface area contributed by atoms with E-state index in [9.17, 15) is 14.4 Å². The Labute approximate surface area is 224 Å². The van der Waals surface area contributed by atoms with Gasteiger partial charge in [-0.1, -0.05) is 58.1 Å². The summed E-state index contributed by atoms with van der Waals surface area (Å²) in [7, 11) is 0. The van der Waals surface area contributed by atoms with Gasteiger partial charge in [-0.15, -0.1) is 6.42 Å². The van der Waals surface area contributed by atoms with Crippen molar-refractivity contribution in [3.8, 4) is 12.3 Å². The van der Waals surface area contributed by atoms with Crippen molar-refractivity contribution in [2.45, 2.75) is 111 Å². The summed E-state index contributed by atoms with van der Waals surface area (Å²) in [5, 5.41) is 5.75. The van der Waals surface area contributed by atoms with Crippen LogP contribution in [-0.4, -0.2) is 47.0 Å². The topological polar surface area (TPSA) is 87.7 Å². The van der Waals surface area contributed by atoms with Crippen LogP contribution in [0, 0.1) is 18.3 Å². The predicted octanol–water partition coefficient (Wildman–Crippen LogP) is 5.58. The van der Waals surface area contributed by atoms with Crippen LogP contribution in [-0.2, 0) is 14.3 Å². The normalized spacial score (nSPS) is 13.0. The Morgan fingerprint density at radius 2 is 1.62 bits per heavy atom. The van der Waals surface area contributed by atoms with Crippen molar-refractivity contribution in [1.82, 2.24) is 15.5 Å². The Bertz CT molecular complexity index is 910. The molecule has 0 spiro atoms. The van der Waals surface area contributed by atoms with Crippen molar-refractivity contribution in [3.05, 3.63) is 35.4 Å². The number of amides is 3. The molecule has 0 saturated heterocycles. The lowest BCUT2D eigenvalue weighted by molar-refractivity contribution is -0.143. The quantitative estimate of drug-likeness (QED) is 0.266. The van der Waals surface area contributed by atoms with Crippen molar-refractivity contribution in [3.63, 3.8) is 0 Å². The highest BCUT2D eigenvalue weighted by molar-refractivity contribution is 5.92. The fourth-order valence-corrected chi connectivity index (χ4v) is 4.02. The molecular weight excluding hydrogens is 466 g/mol. The Morgan fingerprint density at radius 1 is 1.00 bits per heavy atom. The number of hydrogen-bond acceptors (Lipinski definition) is 4. The molecule has 206 valence electrons. The number of hydrogen-bond donors (Lipinski definition) is 2. The van der Waals surface area contributed by atoms with Crippen LogP contribution in [0.3, 0.4) is 0 Å². The molecule has 2 N–H and O–H groups in total. The fourth-order valence-electron chi connectivity index (χ4n) is 4.02. The molecule has 0 bridgehead atoms. The van der Waals surface area contributed by atoms with Gasteiger partial charge in [-0.3, -0.25) is 9.59 Å². The molecule has 0 heterocycles. The smallest absolute Gasteiger partial charge is 0.408 e. The molecule has 2 atom stereocenters. The predicted molar refractivity (Wildman–Crippen MR) is 149 cm³/mol. The number of terminal acetylenes is 1. The van der Waals surface area contributed by atoms with E-state index < -0.39 is 23.8 Å². The van der Waals surface area contributed by atoms with Gasteiger partial charge in [0.05, 0.1) is 0 Å². The third kappa shape index (κ3) is 11.7. The summed E-state index contributed by atoms with van der Waals surface area (Å²) >= 11 is 0. The van der Waals surface area contributed by atoms with Crippen LogP contribution in [0.5, 0.6) is 0 Å². The second-order valence-electron chi connectivity index (χ2n) is 11.3. The maximum atomic E-state index is 14.1. The SMILES string of the molecule is C#Cc1ccc(C(C(=O)NC(C)C)N(CCCCCC)C(=O)C(CC(C)C)NC(=O)OC(C)(C)C)cc1. The summed E-state index contributed by atoms with van der Waals surface area (Å²) in [6.07, 6.45) is 9.06. The van der Waals surface area contributed by atoms with E-state index in [0.29, 0.717) is 24.1 Å². The molecule has 0 aliphatic carbocycles. The molecule has 7 nitrogen and oxygen atoms in total. The number of carbonyl (C=O) groups is 3. The molecular formula is C30H47N3O4. The molecule has 1 aromatic carbocycles. The van der Waals surface area contributed by atoms with Crippen molar-refractivity contribution in [2.75, 3.05) is 6.54 Å². The minimum atomic E-state index is -0.863. The third-order valence-corrected chi connectivity index (χ3v) is 5.62. The molecule has 2 unspecified atom stereocenters. The summed E-state index contributed by atoms with van der Waals surface area (Å²) in [6.45, 7) is 15.6. The van der Waals surface area contributed by atoms with Crippen molar-refractivity contribution in [1.29, 1.82) is 0 Å². The molecule has 0 aliphatic rings. The maximum Gasteiger partial charge on any atom is 0.408 e. The average Bonchev–Trinajstić information content (AvgIpc) is 2.78. The van der Waals surface area contributed by atoms with Crippen molar-refractivity contribution < 1.29 is 19.1 Å². The summed E-state index contributed by atoms with van der Waals surface area (Å²) in [4.78, 5) is 41.9. The molecule has 1 rings (SSSR count). The number of unbranched alkanes of at least 4 members (excludes halogenated alkanes) is 3. The van der Waals surface area contributed by atoms with Gasteiger partial charge < -0.3 is 20.3 Å². The molecule has 7 heteroatoms. The van der Waals surface area contributed by atoms with Crippen LogP contribution in [0.2, 0.25) is 0 Å². The molecule has 0 radical (unpaired) electrons. The van der Waals surface area contributed by atoms with E-state index in [1.807, 2.05) is 27.7 Å². The van der Waals surface area contributed by atoms with Gasteiger partial charge in [0, 0.05) is 18.2 Å². The Morgan fingerprint density at radius 3 is 2.11 bits per heavy atom. The number of nitrogens with one attached hydrogen (secondary N) is 2. The number of ether oxygens (including phenoxy) is 1. The van der Waals surface area contributed by atoms with Gasteiger partial charge in [0.15, 0.2) is 0 Å². The van der Waals surface area contributed by atoms with Crippen LogP contribution in [0.15, 0.2) is 24.3 Å². The minimum Gasteiger partial charge on any atom is -0.444 e. The molecule has 0 aromatic heterocycles. The van der Waals surface area contributed by atoms with E-state index in [1.165, 1.54) is 0 Å². The van der Waals surface area contributed by atoms with Gasteiger partial charge >= 0.3 is 6.09 Å². The largest absolute Gasteiger partial charge is 0.444 e. The average molecular weight is 514 g/mol. The van der Waals surface area contributed by atoms with Gasteiger partial charge in [-0.25, -0.2) is 4.79 Å². The molecule has 3 amide bonds. The van der Waals surface area contributed by atoms with Crippen molar-refractivity contribution in [2.24, 2.45) is 5.92 Å². The van der Waals surface area contributed by atoms with Crippen molar-refractivity contribution >= 4 is 17.9 Å². The minimum absolute atomic E-state index is 0.108. The van der Waals surface area contributed by atoms with Crippen LogP contribution in [0.25, 0.3) is 0 Å². The highest BCUT2D eigenvalue weighted by Crippen LogP contribution is 2.25. The van der Waals surface area contributed by atoms with Crippen LogP contribution >= 0.6 is 0 Å². The molecule has 37 heavy (non-hydrogen) atoms. The Hall–Kier alpha value is -3.01. The van der Waals surface area contributed by atoms with E-state index >= 15 is 0 Å². The zero-order valence-corrected chi connectivity index (χ0v) is 24.0.